The molecule has 0 radical (unpaired) electrons. The minimum Gasteiger partial charge on any atom is -0.384 e. The van der Waals surface area contributed by atoms with E-state index in [1.54, 1.807) is 6.20 Å². The molecule has 0 aliphatic heterocycles. The van der Waals surface area contributed by atoms with Gasteiger partial charge in [-0.15, -0.1) is 0 Å². The molecule has 0 bridgehead atoms. The lowest BCUT2D eigenvalue weighted by atomic mass is 10.1. The number of H-pyrrole nitrogens is 1. The molecule has 4 nitrogen and oxygen atoms in total. The molecule has 0 saturated heterocycles. The monoisotopic (exact) mass is 223 g/mol. The van der Waals surface area contributed by atoms with Crippen molar-refractivity contribution in [1.82, 2.24) is 10.2 Å². The van der Waals surface area contributed by atoms with Crippen molar-refractivity contribution in [2.75, 3.05) is 11.9 Å². The van der Waals surface area contributed by atoms with Gasteiger partial charge in [-0.1, -0.05) is 39.0 Å². The summed E-state index contributed by atoms with van der Waals surface area (Å²) in [4.78, 5) is 10.9. The first-order chi connectivity index (χ1) is 7.83. The van der Waals surface area contributed by atoms with E-state index in [1.807, 2.05) is 0 Å². The van der Waals surface area contributed by atoms with Crippen molar-refractivity contribution in [3.05, 3.63) is 22.6 Å². The van der Waals surface area contributed by atoms with Crippen LogP contribution in [-0.4, -0.2) is 16.7 Å². The van der Waals surface area contributed by atoms with Crippen LogP contribution < -0.4 is 10.9 Å². The van der Waals surface area contributed by atoms with E-state index in [2.05, 4.69) is 22.4 Å². The van der Waals surface area contributed by atoms with Gasteiger partial charge in [-0.05, 0) is 6.42 Å². The summed E-state index contributed by atoms with van der Waals surface area (Å²) >= 11 is 0. The summed E-state index contributed by atoms with van der Waals surface area (Å²) in [5.74, 6) is 0. The van der Waals surface area contributed by atoms with Crippen molar-refractivity contribution in [2.24, 2.45) is 0 Å². The zero-order valence-electron chi connectivity index (χ0n) is 9.96. The van der Waals surface area contributed by atoms with Crippen LogP contribution in [0.25, 0.3) is 0 Å². The molecule has 0 aromatic carbocycles. The molecule has 0 aliphatic rings. The highest BCUT2D eigenvalue weighted by molar-refractivity contribution is 5.38. The second-order valence-electron chi connectivity index (χ2n) is 4.03. The molecular weight excluding hydrogens is 202 g/mol. The SMILES string of the molecule is CCCCCCCCNc1cn[nH]c(=O)c1. The van der Waals surface area contributed by atoms with Crippen LogP contribution >= 0.6 is 0 Å². The Balaban J connectivity index is 2.05. The Hall–Kier alpha value is -1.32. The third kappa shape index (κ3) is 5.53. The van der Waals surface area contributed by atoms with E-state index in [9.17, 15) is 4.79 Å². The highest BCUT2D eigenvalue weighted by Gasteiger charge is 1.93. The Bertz CT molecular complexity index is 335. The Morgan fingerprint density at radius 1 is 1.25 bits per heavy atom. The van der Waals surface area contributed by atoms with Gasteiger partial charge >= 0.3 is 0 Å². The Kier molecular flexibility index (Phi) is 6.30. The summed E-state index contributed by atoms with van der Waals surface area (Å²) in [5.41, 5.74) is 0.644. The summed E-state index contributed by atoms with van der Waals surface area (Å²) in [5, 5.41) is 9.27. The number of nitrogens with one attached hydrogen (secondary N) is 2. The molecule has 0 unspecified atom stereocenters. The lowest BCUT2D eigenvalue weighted by Gasteiger charge is -2.04. The highest BCUT2D eigenvalue weighted by atomic mass is 16.1. The number of nitrogens with zero attached hydrogens (tertiary/aromatic N) is 1. The number of aromatic amines is 1. The Labute approximate surface area is 96.5 Å². The van der Waals surface area contributed by atoms with Crippen LogP contribution in [0.15, 0.2) is 17.1 Å². The number of anilines is 1. The van der Waals surface area contributed by atoms with Crippen molar-refractivity contribution >= 4 is 5.69 Å². The van der Waals surface area contributed by atoms with Gasteiger partial charge in [0.2, 0.25) is 0 Å². The molecule has 16 heavy (non-hydrogen) atoms. The quantitative estimate of drug-likeness (QED) is 0.666. The molecule has 1 aromatic rings. The van der Waals surface area contributed by atoms with Crippen LogP contribution in [-0.2, 0) is 0 Å². The molecule has 0 fully saturated rings. The van der Waals surface area contributed by atoms with Crippen LogP contribution in [0.1, 0.15) is 45.4 Å². The number of unbranched alkanes of at least 4 members (excludes halogenated alkanes) is 5. The van der Waals surface area contributed by atoms with Crippen molar-refractivity contribution in [2.45, 2.75) is 45.4 Å². The lowest BCUT2D eigenvalue weighted by molar-refractivity contribution is 0.617. The molecule has 0 atom stereocenters. The van der Waals surface area contributed by atoms with E-state index in [0.717, 1.165) is 18.7 Å². The van der Waals surface area contributed by atoms with E-state index in [-0.39, 0.29) is 5.56 Å². The third-order valence-electron chi connectivity index (χ3n) is 2.52. The molecule has 4 heteroatoms. The normalized spacial score (nSPS) is 10.3. The van der Waals surface area contributed by atoms with Gasteiger partial charge in [0.15, 0.2) is 0 Å². The fourth-order valence-corrected chi connectivity index (χ4v) is 1.61. The molecule has 1 aromatic heterocycles. The minimum atomic E-state index is -0.159. The van der Waals surface area contributed by atoms with Gasteiger partial charge in [-0.3, -0.25) is 4.79 Å². The molecule has 0 spiro atoms. The van der Waals surface area contributed by atoms with Crippen molar-refractivity contribution in [3.8, 4) is 0 Å². The topological polar surface area (TPSA) is 57.8 Å². The average molecular weight is 223 g/mol. The Morgan fingerprint density at radius 3 is 2.75 bits per heavy atom. The van der Waals surface area contributed by atoms with Crippen molar-refractivity contribution < 1.29 is 0 Å². The number of hydrogen-bond donors (Lipinski definition) is 2. The molecule has 0 saturated carbocycles. The van der Waals surface area contributed by atoms with Gasteiger partial charge < -0.3 is 5.32 Å². The minimum absolute atomic E-state index is 0.159. The molecule has 90 valence electrons. The molecular formula is C12H21N3O. The summed E-state index contributed by atoms with van der Waals surface area (Å²) in [6, 6.07) is 1.53. The zero-order valence-corrected chi connectivity index (χ0v) is 9.96. The maximum absolute atomic E-state index is 10.9. The summed E-state index contributed by atoms with van der Waals surface area (Å²) in [6.07, 6.45) is 9.31. The first-order valence-corrected chi connectivity index (χ1v) is 6.11. The van der Waals surface area contributed by atoms with Crippen molar-refractivity contribution in [3.63, 3.8) is 0 Å². The van der Waals surface area contributed by atoms with Gasteiger partial charge in [-0.25, -0.2) is 5.10 Å². The zero-order chi connectivity index (χ0) is 11.6. The molecule has 1 rings (SSSR count). The van der Waals surface area contributed by atoms with E-state index in [1.165, 1.54) is 38.2 Å². The predicted molar refractivity (Wildman–Crippen MR) is 66.7 cm³/mol. The summed E-state index contributed by atoms with van der Waals surface area (Å²) in [7, 11) is 0. The highest BCUT2D eigenvalue weighted by Crippen LogP contribution is 2.05. The molecule has 2 N–H and O–H groups in total. The number of aromatic nitrogens is 2. The van der Waals surface area contributed by atoms with Crippen LogP contribution in [0.2, 0.25) is 0 Å². The first-order valence-electron chi connectivity index (χ1n) is 6.11. The van der Waals surface area contributed by atoms with Crippen LogP contribution in [0, 0.1) is 0 Å². The Morgan fingerprint density at radius 2 is 2.00 bits per heavy atom. The van der Waals surface area contributed by atoms with Gasteiger partial charge in [-0.2, -0.15) is 5.10 Å². The van der Waals surface area contributed by atoms with Crippen molar-refractivity contribution in [1.29, 1.82) is 0 Å². The summed E-state index contributed by atoms with van der Waals surface area (Å²) in [6.45, 7) is 3.14. The standard InChI is InChI=1S/C12H21N3O/c1-2-3-4-5-6-7-8-13-11-9-12(16)15-14-10-11/h9-10H,2-8H2,1H3,(H2,13,15,16). The fourth-order valence-electron chi connectivity index (χ4n) is 1.61. The predicted octanol–water partition coefficient (Wildman–Crippen LogP) is 2.54. The van der Waals surface area contributed by atoms with E-state index in [0.29, 0.717) is 0 Å². The molecule has 0 amide bonds. The maximum atomic E-state index is 10.9. The van der Waals surface area contributed by atoms with E-state index in [4.69, 9.17) is 0 Å². The first kappa shape index (κ1) is 12.7. The molecule has 0 aliphatic carbocycles. The third-order valence-corrected chi connectivity index (χ3v) is 2.52. The average Bonchev–Trinajstić information content (AvgIpc) is 2.28. The largest absolute Gasteiger partial charge is 0.384 e. The van der Waals surface area contributed by atoms with E-state index >= 15 is 0 Å². The van der Waals surface area contributed by atoms with Gasteiger partial charge in [0.05, 0.1) is 11.9 Å². The maximum Gasteiger partial charge on any atom is 0.266 e. The summed E-state index contributed by atoms with van der Waals surface area (Å²) < 4.78 is 0. The van der Waals surface area contributed by atoms with E-state index < -0.39 is 0 Å². The second-order valence-corrected chi connectivity index (χ2v) is 4.03. The number of rotatable bonds is 8. The van der Waals surface area contributed by atoms with Crippen LogP contribution in [0.3, 0.4) is 0 Å². The lowest BCUT2D eigenvalue weighted by Crippen LogP contribution is -2.09. The van der Waals surface area contributed by atoms with Gasteiger partial charge in [0, 0.05) is 12.6 Å². The molecule has 1 heterocycles. The second kappa shape index (κ2) is 7.91. The fraction of sp³-hybridized carbons (Fsp3) is 0.667. The van der Waals surface area contributed by atoms with Gasteiger partial charge in [0.25, 0.3) is 5.56 Å². The van der Waals surface area contributed by atoms with Crippen LogP contribution in [0.4, 0.5) is 5.69 Å². The smallest absolute Gasteiger partial charge is 0.266 e. The van der Waals surface area contributed by atoms with Crippen LogP contribution in [0.5, 0.6) is 0 Å². The number of hydrogen-bond acceptors (Lipinski definition) is 3. The van der Waals surface area contributed by atoms with Gasteiger partial charge in [0.1, 0.15) is 0 Å².